The first-order valence-corrected chi connectivity index (χ1v) is 5.80. The van der Waals surface area contributed by atoms with Crippen LogP contribution in [0.3, 0.4) is 0 Å². The molecule has 1 aromatic carbocycles. The fourth-order valence-electron chi connectivity index (χ4n) is 2.08. The number of hydrogen-bond acceptors (Lipinski definition) is 4. The van der Waals surface area contributed by atoms with Crippen LogP contribution >= 0.6 is 0 Å². The summed E-state index contributed by atoms with van der Waals surface area (Å²) >= 11 is 0. The molecule has 0 amide bonds. The minimum atomic E-state index is 0.791. The van der Waals surface area contributed by atoms with Crippen LogP contribution in [-0.4, -0.2) is 42.6 Å². The van der Waals surface area contributed by atoms with Gasteiger partial charge in [-0.15, -0.1) is 0 Å². The van der Waals surface area contributed by atoms with Gasteiger partial charge in [0.25, 0.3) is 0 Å². The van der Waals surface area contributed by atoms with Gasteiger partial charge in [-0.3, -0.25) is 15.6 Å². The summed E-state index contributed by atoms with van der Waals surface area (Å²) < 4.78 is 0. The van der Waals surface area contributed by atoms with Crippen molar-refractivity contribution in [3.8, 4) is 0 Å². The molecule has 0 unspecified atom stereocenters. The largest absolute Gasteiger partial charge is 0.297 e. The zero-order valence-corrected chi connectivity index (χ0v) is 9.60. The summed E-state index contributed by atoms with van der Waals surface area (Å²) in [5.74, 6) is 5.31. The van der Waals surface area contributed by atoms with Gasteiger partial charge in [0.2, 0.25) is 0 Å². The summed E-state index contributed by atoms with van der Waals surface area (Å²) in [5, 5.41) is 0. The molecule has 3 N–H and O–H groups in total. The second-order valence-corrected chi connectivity index (χ2v) is 4.24. The third kappa shape index (κ3) is 3.28. The van der Waals surface area contributed by atoms with Gasteiger partial charge in [0, 0.05) is 32.7 Å². The van der Waals surface area contributed by atoms with Gasteiger partial charge in [-0.05, 0) is 5.56 Å². The van der Waals surface area contributed by atoms with Gasteiger partial charge in [0.05, 0.1) is 6.67 Å². The predicted molar refractivity (Wildman–Crippen MR) is 65.5 cm³/mol. The van der Waals surface area contributed by atoms with Crippen molar-refractivity contribution in [2.75, 3.05) is 32.8 Å². The van der Waals surface area contributed by atoms with E-state index in [-0.39, 0.29) is 0 Å². The number of nitrogens with two attached hydrogens (primary N) is 1. The minimum Gasteiger partial charge on any atom is -0.297 e. The SMILES string of the molecule is NNCN1CCN(Cc2ccccc2)CC1. The Morgan fingerprint density at radius 2 is 1.62 bits per heavy atom. The molecule has 1 fully saturated rings. The number of hydrazine groups is 1. The molecule has 0 aromatic heterocycles. The highest BCUT2D eigenvalue weighted by Crippen LogP contribution is 2.07. The summed E-state index contributed by atoms with van der Waals surface area (Å²) in [7, 11) is 0. The first-order valence-electron chi connectivity index (χ1n) is 5.80. The third-order valence-electron chi connectivity index (χ3n) is 3.03. The van der Waals surface area contributed by atoms with Crippen LogP contribution in [-0.2, 0) is 6.54 Å². The number of rotatable bonds is 4. The molecule has 88 valence electrons. The lowest BCUT2D eigenvalue weighted by molar-refractivity contribution is 0.120. The van der Waals surface area contributed by atoms with Crippen molar-refractivity contribution in [2.24, 2.45) is 5.84 Å². The molecule has 0 radical (unpaired) electrons. The van der Waals surface area contributed by atoms with E-state index in [0.717, 1.165) is 39.4 Å². The second kappa shape index (κ2) is 5.96. The summed E-state index contributed by atoms with van der Waals surface area (Å²) in [6, 6.07) is 10.6. The Labute approximate surface area is 97.0 Å². The highest BCUT2D eigenvalue weighted by atomic mass is 15.4. The van der Waals surface area contributed by atoms with Crippen LogP contribution in [0.5, 0.6) is 0 Å². The second-order valence-electron chi connectivity index (χ2n) is 4.24. The number of hydrogen-bond donors (Lipinski definition) is 2. The summed E-state index contributed by atoms with van der Waals surface area (Å²) in [6.07, 6.45) is 0. The Balaban J connectivity index is 1.77. The van der Waals surface area contributed by atoms with E-state index in [0.29, 0.717) is 0 Å². The van der Waals surface area contributed by atoms with Crippen LogP contribution in [0.4, 0.5) is 0 Å². The van der Waals surface area contributed by atoms with Crippen LogP contribution in [0.15, 0.2) is 30.3 Å². The first kappa shape index (κ1) is 11.5. The molecule has 0 aliphatic carbocycles. The minimum absolute atomic E-state index is 0.791. The average molecular weight is 220 g/mol. The van der Waals surface area contributed by atoms with Crippen LogP contribution in [0, 0.1) is 0 Å². The maximum atomic E-state index is 5.31. The van der Waals surface area contributed by atoms with Crippen LogP contribution in [0.2, 0.25) is 0 Å². The van der Waals surface area contributed by atoms with Crippen molar-refractivity contribution in [1.29, 1.82) is 0 Å². The molecule has 1 aromatic rings. The molecule has 4 nitrogen and oxygen atoms in total. The Bertz CT molecular complexity index is 293. The standard InChI is InChI=1S/C12H20N4/c13-14-11-16-8-6-15(7-9-16)10-12-4-2-1-3-5-12/h1-5,14H,6-11,13H2. The Hall–Kier alpha value is -0.940. The number of piperazine rings is 1. The van der Waals surface area contributed by atoms with Crippen molar-refractivity contribution in [2.45, 2.75) is 6.54 Å². The van der Waals surface area contributed by atoms with E-state index in [1.54, 1.807) is 0 Å². The van der Waals surface area contributed by atoms with Gasteiger partial charge in [-0.25, -0.2) is 5.43 Å². The van der Waals surface area contributed by atoms with Gasteiger partial charge in [-0.2, -0.15) is 0 Å². The normalized spacial score (nSPS) is 18.8. The predicted octanol–water partition coefficient (Wildman–Crippen LogP) is 0.225. The third-order valence-corrected chi connectivity index (χ3v) is 3.03. The highest BCUT2D eigenvalue weighted by molar-refractivity contribution is 5.14. The maximum absolute atomic E-state index is 5.31. The molecule has 4 heteroatoms. The van der Waals surface area contributed by atoms with E-state index < -0.39 is 0 Å². The molecule has 0 saturated carbocycles. The lowest BCUT2D eigenvalue weighted by Crippen LogP contribution is -2.49. The summed E-state index contributed by atoms with van der Waals surface area (Å²) in [5.41, 5.74) is 4.11. The van der Waals surface area contributed by atoms with Crippen molar-refractivity contribution in [1.82, 2.24) is 15.2 Å². The molecule has 16 heavy (non-hydrogen) atoms. The maximum Gasteiger partial charge on any atom is 0.0613 e. The Kier molecular flexibility index (Phi) is 4.30. The van der Waals surface area contributed by atoms with Crippen LogP contribution in [0.1, 0.15) is 5.56 Å². The topological polar surface area (TPSA) is 44.5 Å². The van der Waals surface area contributed by atoms with Crippen LogP contribution < -0.4 is 11.3 Å². The van der Waals surface area contributed by atoms with E-state index in [1.165, 1.54) is 5.56 Å². The highest BCUT2D eigenvalue weighted by Gasteiger charge is 2.15. The van der Waals surface area contributed by atoms with Gasteiger partial charge >= 0.3 is 0 Å². The van der Waals surface area contributed by atoms with Crippen molar-refractivity contribution in [3.63, 3.8) is 0 Å². The van der Waals surface area contributed by atoms with E-state index in [2.05, 4.69) is 45.6 Å². The number of nitrogens with one attached hydrogen (secondary N) is 1. The van der Waals surface area contributed by atoms with E-state index in [1.807, 2.05) is 0 Å². The van der Waals surface area contributed by atoms with E-state index in [4.69, 9.17) is 5.84 Å². The molecule has 0 spiro atoms. The van der Waals surface area contributed by atoms with Crippen molar-refractivity contribution < 1.29 is 0 Å². The lowest BCUT2D eigenvalue weighted by atomic mass is 10.2. The molecule has 0 atom stereocenters. The average Bonchev–Trinajstić information content (AvgIpc) is 2.33. The molecule has 1 aliphatic heterocycles. The summed E-state index contributed by atoms with van der Waals surface area (Å²) in [6.45, 7) is 6.28. The molecule has 2 rings (SSSR count). The monoisotopic (exact) mass is 220 g/mol. The number of nitrogens with zero attached hydrogens (tertiary/aromatic N) is 2. The zero-order chi connectivity index (χ0) is 11.2. The molecular formula is C12H20N4. The van der Waals surface area contributed by atoms with Gasteiger partial charge in [0.15, 0.2) is 0 Å². The van der Waals surface area contributed by atoms with Crippen molar-refractivity contribution >= 4 is 0 Å². The van der Waals surface area contributed by atoms with E-state index >= 15 is 0 Å². The van der Waals surface area contributed by atoms with Gasteiger partial charge in [-0.1, -0.05) is 30.3 Å². The zero-order valence-electron chi connectivity index (χ0n) is 9.60. The quantitative estimate of drug-likeness (QED) is 0.563. The molecule has 1 heterocycles. The van der Waals surface area contributed by atoms with Crippen molar-refractivity contribution in [3.05, 3.63) is 35.9 Å². The summed E-state index contributed by atoms with van der Waals surface area (Å²) in [4.78, 5) is 4.82. The molecule has 0 bridgehead atoms. The van der Waals surface area contributed by atoms with E-state index in [9.17, 15) is 0 Å². The fourth-order valence-corrected chi connectivity index (χ4v) is 2.08. The fraction of sp³-hybridized carbons (Fsp3) is 0.500. The Morgan fingerprint density at radius 3 is 2.25 bits per heavy atom. The smallest absolute Gasteiger partial charge is 0.0613 e. The Morgan fingerprint density at radius 1 is 1.00 bits per heavy atom. The number of benzene rings is 1. The molecule has 1 saturated heterocycles. The van der Waals surface area contributed by atoms with Crippen LogP contribution in [0.25, 0.3) is 0 Å². The molecule has 1 aliphatic rings. The molecular weight excluding hydrogens is 200 g/mol. The van der Waals surface area contributed by atoms with Gasteiger partial charge in [0.1, 0.15) is 0 Å². The lowest BCUT2D eigenvalue weighted by Gasteiger charge is -2.34. The van der Waals surface area contributed by atoms with Gasteiger partial charge < -0.3 is 0 Å². The first-order chi connectivity index (χ1) is 7.88.